The first-order valence-electron chi connectivity index (χ1n) is 6.32. The van der Waals surface area contributed by atoms with Crippen LogP contribution in [-0.2, 0) is 4.74 Å². The lowest BCUT2D eigenvalue weighted by molar-refractivity contribution is 0.0764. The lowest BCUT2D eigenvalue weighted by Gasteiger charge is -2.35. The Balaban J connectivity index is 1.83. The molecule has 4 nitrogen and oxygen atoms in total. The van der Waals surface area contributed by atoms with Gasteiger partial charge in [0, 0.05) is 19.7 Å². The Morgan fingerprint density at radius 1 is 1.31 bits per heavy atom. The quantitative estimate of drug-likeness (QED) is 0.741. The van der Waals surface area contributed by atoms with Crippen molar-refractivity contribution in [3.8, 4) is 0 Å². The number of carbonyl (C=O) groups is 1. The van der Waals surface area contributed by atoms with Crippen molar-refractivity contribution in [2.45, 2.75) is 39.3 Å². The van der Waals surface area contributed by atoms with Crippen LogP contribution >= 0.6 is 0 Å². The predicted molar refractivity (Wildman–Crippen MR) is 62.0 cm³/mol. The number of ether oxygens (including phenoxy) is 1. The van der Waals surface area contributed by atoms with Crippen LogP contribution in [0.25, 0.3) is 0 Å². The molecule has 2 rings (SSSR count). The smallest absolute Gasteiger partial charge is 0.319 e. The molecule has 2 heterocycles. The molecule has 2 saturated heterocycles. The number of piperidine rings is 1. The third kappa shape index (κ3) is 2.88. The first-order valence-corrected chi connectivity index (χ1v) is 6.32. The number of likely N-dealkylation sites (tertiary alicyclic amines) is 1. The summed E-state index contributed by atoms with van der Waals surface area (Å²) >= 11 is 0. The minimum atomic E-state index is -0.0555. The van der Waals surface area contributed by atoms with Crippen molar-refractivity contribution < 1.29 is 9.53 Å². The van der Waals surface area contributed by atoms with Crippen LogP contribution in [0.2, 0.25) is 0 Å². The molecule has 2 amide bonds. The van der Waals surface area contributed by atoms with Gasteiger partial charge in [0.1, 0.15) is 6.23 Å². The fraction of sp³-hybridized carbons (Fsp3) is 0.917. The number of hydrogen-bond acceptors (Lipinski definition) is 2. The van der Waals surface area contributed by atoms with E-state index < -0.39 is 0 Å². The topological polar surface area (TPSA) is 41.6 Å². The molecule has 1 N–H and O–H groups in total. The van der Waals surface area contributed by atoms with E-state index in [0.29, 0.717) is 11.8 Å². The summed E-state index contributed by atoms with van der Waals surface area (Å²) in [5.74, 6) is 1.22. The Labute approximate surface area is 97.3 Å². The molecule has 2 aliphatic rings. The van der Waals surface area contributed by atoms with Gasteiger partial charge in [-0.1, -0.05) is 13.8 Å². The van der Waals surface area contributed by atoms with Crippen LogP contribution < -0.4 is 5.32 Å². The van der Waals surface area contributed by atoms with E-state index in [4.69, 9.17) is 4.74 Å². The first kappa shape index (κ1) is 11.7. The maximum absolute atomic E-state index is 12.0. The van der Waals surface area contributed by atoms with Gasteiger partial charge in [-0.2, -0.15) is 0 Å². The van der Waals surface area contributed by atoms with Crippen LogP contribution in [0.1, 0.15) is 33.1 Å². The highest BCUT2D eigenvalue weighted by Gasteiger charge is 2.27. The number of rotatable bonds is 1. The summed E-state index contributed by atoms with van der Waals surface area (Å²) in [5.41, 5.74) is 0. The molecular formula is C12H22N2O2. The molecule has 3 atom stereocenters. The molecule has 16 heavy (non-hydrogen) atoms. The molecular weight excluding hydrogens is 204 g/mol. The van der Waals surface area contributed by atoms with E-state index in [1.54, 1.807) is 0 Å². The summed E-state index contributed by atoms with van der Waals surface area (Å²) in [6, 6.07) is 0.0466. The number of amides is 2. The minimum absolute atomic E-state index is 0.0466. The van der Waals surface area contributed by atoms with Crippen LogP contribution in [-0.4, -0.2) is 36.9 Å². The Kier molecular flexibility index (Phi) is 3.69. The van der Waals surface area contributed by atoms with Crippen LogP contribution in [0.5, 0.6) is 0 Å². The maximum atomic E-state index is 12.0. The van der Waals surface area contributed by atoms with Gasteiger partial charge in [0.05, 0.1) is 0 Å². The second kappa shape index (κ2) is 5.04. The maximum Gasteiger partial charge on any atom is 0.319 e. The fourth-order valence-electron chi connectivity index (χ4n) is 2.75. The molecule has 0 bridgehead atoms. The molecule has 0 spiro atoms. The molecule has 4 heteroatoms. The van der Waals surface area contributed by atoms with Gasteiger partial charge in [-0.05, 0) is 31.1 Å². The van der Waals surface area contributed by atoms with Crippen molar-refractivity contribution in [1.82, 2.24) is 10.2 Å². The summed E-state index contributed by atoms with van der Waals surface area (Å²) in [7, 11) is 0. The summed E-state index contributed by atoms with van der Waals surface area (Å²) in [5, 5.41) is 2.95. The highest BCUT2D eigenvalue weighted by Crippen LogP contribution is 2.21. The SMILES string of the molecule is CC1CC(C)CN(C(=O)NC2CCCO2)C1. The standard InChI is InChI=1S/C12H22N2O2/c1-9-6-10(2)8-14(7-9)12(15)13-11-4-3-5-16-11/h9-11H,3-8H2,1-2H3,(H,13,15). The third-order valence-electron chi connectivity index (χ3n) is 3.37. The molecule has 3 unspecified atom stereocenters. The normalized spacial score (nSPS) is 35.1. The molecule has 0 radical (unpaired) electrons. The van der Waals surface area contributed by atoms with E-state index in [2.05, 4.69) is 19.2 Å². The Bertz CT molecular complexity index is 241. The monoisotopic (exact) mass is 226 g/mol. The van der Waals surface area contributed by atoms with Crippen molar-refractivity contribution in [3.05, 3.63) is 0 Å². The molecule has 0 aliphatic carbocycles. The second-order valence-electron chi connectivity index (χ2n) is 5.30. The molecule has 0 saturated carbocycles. The van der Waals surface area contributed by atoms with E-state index in [9.17, 15) is 4.79 Å². The zero-order chi connectivity index (χ0) is 11.5. The number of nitrogens with one attached hydrogen (secondary N) is 1. The summed E-state index contributed by atoms with van der Waals surface area (Å²) in [6.45, 7) is 6.95. The molecule has 92 valence electrons. The van der Waals surface area contributed by atoms with E-state index in [1.807, 2.05) is 4.90 Å². The number of nitrogens with zero attached hydrogens (tertiary/aromatic N) is 1. The number of hydrogen-bond donors (Lipinski definition) is 1. The van der Waals surface area contributed by atoms with Gasteiger partial charge in [-0.3, -0.25) is 0 Å². The number of urea groups is 1. The van der Waals surface area contributed by atoms with Crippen LogP contribution in [0, 0.1) is 11.8 Å². The summed E-state index contributed by atoms with van der Waals surface area (Å²) in [6.07, 6.45) is 3.17. The molecule has 0 aromatic rings. The van der Waals surface area contributed by atoms with Crippen LogP contribution in [0.4, 0.5) is 4.79 Å². The van der Waals surface area contributed by atoms with Crippen LogP contribution in [0.3, 0.4) is 0 Å². The highest BCUT2D eigenvalue weighted by atomic mass is 16.5. The van der Waals surface area contributed by atoms with Gasteiger partial charge in [0.15, 0.2) is 0 Å². The number of carbonyl (C=O) groups excluding carboxylic acids is 1. The zero-order valence-electron chi connectivity index (χ0n) is 10.2. The van der Waals surface area contributed by atoms with Crippen molar-refractivity contribution in [1.29, 1.82) is 0 Å². The molecule has 0 aromatic carbocycles. The first-order chi connectivity index (χ1) is 7.65. The van der Waals surface area contributed by atoms with Crippen LogP contribution in [0.15, 0.2) is 0 Å². The largest absolute Gasteiger partial charge is 0.358 e. The predicted octanol–water partition coefficient (Wildman–Crippen LogP) is 1.81. The Morgan fingerprint density at radius 2 is 2.00 bits per heavy atom. The molecule has 0 aromatic heterocycles. The minimum Gasteiger partial charge on any atom is -0.358 e. The average Bonchev–Trinajstić information content (AvgIpc) is 2.68. The van der Waals surface area contributed by atoms with Crippen molar-refractivity contribution in [2.24, 2.45) is 11.8 Å². The Morgan fingerprint density at radius 3 is 2.56 bits per heavy atom. The van der Waals surface area contributed by atoms with Crippen molar-refractivity contribution in [3.63, 3.8) is 0 Å². The Hall–Kier alpha value is -0.770. The lowest BCUT2D eigenvalue weighted by atomic mass is 9.92. The summed E-state index contributed by atoms with van der Waals surface area (Å²) < 4.78 is 5.41. The highest BCUT2D eigenvalue weighted by molar-refractivity contribution is 5.74. The molecule has 2 fully saturated rings. The van der Waals surface area contributed by atoms with E-state index >= 15 is 0 Å². The summed E-state index contributed by atoms with van der Waals surface area (Å²) in [4.78, 5) is 13.9. The van der Waals surface area contributed by atoms with Crippen molar-refractivity contribution in [2.75, 3.05) is 19.7 Å². The van der Waals surface area contributed by atoms with Gasteiger partial charge in [-0.25, -0.2) is 4.79 Å². The van der Waals surface area contributed by atoms with Gasteiger partial charge < -0.3 is 15.0 Å². The zero-order valence-corrected chi connectivity index (χ0v) is 10.2. The average molecular weight is 226 g/mol. The van der Waals surface area contributed by atoms with Gasteiger partial charge in [0.2, 0.25) is 0 Å². The van der Waals surface area contributed by atoms with E-state index in [-0.39, 0.29) is 12.3 Å². The second-order valence-corrected chi connectivity index (χ2v) is 5.30. The van der Waals surface area contributed by atoms with Gasteiger partial charge in [0.25, 0.3) is 0 Å². The fourth-order valence-corrected chi connectivity index (χ4v) is 2.75. The van der Waals surface area contributed by atoms with Crippen molar-refractivity contribution >= 4 is 6.03 Å². The van der Waals surface area contributed by atoms with E-state index in [0.717, 1.165) is 32.5 Å². The third-order valence-corrected chi connectivity index (χ3v) is 3.37. The van der Waals surface area contributed by atoms with E-state index in [1.165, 1.54) is 6.42 Å². The molecule has 2 aliphatic heterocycles. The lowest BCUT2D eigenvalue weighted by Crippen LogP contribution is -2.50. The van der Waals surface area contributed by atoms with Gasteiger partial charge >= 0.3 is 6.03 Å². The van der Waals surface area contributed by atoms with Gasteiger partial charge in [-0.15, -0.1) is 0 Å².